The molecule has 1 unspecified atom stereocenters. The Balaban J connectivity index is 1.59. The Morgan fingerprint density at radius 3 is 3.16 bits per heavy atom. The highest BCUT2D eigenvalue weighted by molar-refractivity contribution is 5.33. The van der Waals surface area contributed by atoms with Crippen LogP contribution >= 0.6 is 0 Å². The topological polar surface area (TPSA) is 24.5 Å². The number of likely N-dealkylation sites (N-methyl/N-ethyl adjacent to an activating group) is 1. The van der Waals surface area contributed by atoms with Crippen LogP contribution in [0.1, 0.15) is 29.5 Å². The van der Waals surface area contributed by atoms with Crippen LogP contribution in [0.25, 0.3) is 0 Å². The normalized spacial score (nSPS) is 22.7. The maximum atomic E-state index is 5.70. The van der Waals surface area contributed by atoms with Crippen LogP contribution in [0.2, 0.25) is 0 Å². The van der Waals surface area contributed by atoms with Crippen LogP contribution in [-0.4, -0.2) is 37.7 Å². The van der Waals surface area contributed by atoms with Crippen molar-refractivity contribution in [2.24, 2.45) is 0 Å². The summed E-state index contributed by atoms with van der Waals surface area (Å²) >= 11 is 0. The number of rotatable bonds is 4. The van der Waals surface area contributed by atoms with Gasteiger partial charge in [-0.3, -0.25) is 4.90 Å². The second-order valence-electron chi connectivity index (χ2n) is 5.86. The Morgan fingerprint density at radius 2 is 2.32 bits per heavy atom. The molecular formula is C16H24N2O. The van der Waals surface area contributed by atoms with E-state index in [0.29, 0.717) is 6.10 Å². The standard InChI is InChI=1S/C16H24N2O/c1-18(12-16-3-2-8-19-16)11-13-4-5-14-6-7-17-10-15(14)9-13/h4-5,9,16-17H,2-3,6-8,10-12H2,1H3. The average molecular weight is 260 g/mol. The molecule has 0 saturated carbocycles. The molecular weight excluding hydrogens is 236 g/mol. The van der Waals surface area contributed by atoms with Gasteiger partial charge in [0.25, 0.3) is 0 Å². The minimum Gasteiger partial charge on any atom is -0.377 e. The van der Waals surface area contributed by atoms with Crippen molar-refractivity contribution in [2.75, 3.05) is 26.7 Å². The molecule has 3 heteroatoms. The van der Waals surface area contributed by atoms with E-state index < -0.39 is 0 Å². The molecule has 0 radical (unpaired) electrons. The molecule has 0 aromatic heterocycles. The van der Waals surface area contributed by atoms with Gasteiger partial charge in [-0.2, -0.15) is 0 Å². The minimum atomic E-state index is 0.448. The van der Waals surface area contributed by atoms with Gasteiger partial charge in [-0.15, -0.1) is 0 Å². The van der Waals surface area contributed by atoms with E-state index in [1.54, 1.807) is 0 Å². The fourth-order valence-electron chi connectivity index (χ4n) is 3.14. The zero-order chi connectivity index (χ0) is 13.1. The first-order chi connectivity index (χ1) is 9.31. The first-order valence-electron chi connectivity index (χ1n) is 7.43. The van der Waals surface area contributed by atoms with Gasteiger partial charge >= 0.3 is 0 Å². The summed E-state index contributed by atoms with van der Waals surface area (Å²) < 4.78 is 5.70. The van der Waals surface area contributed by atoms with E-state index in [1.807, 2.05) is 0 Å². The van der Waals surface area contributed by atoms with E-state index in [-0.39, 0.29) is 0 Å². The first-order valence-corrected chi connectivity index (χ1v) is 7.43. The third kappa shape index (κ3) is 3.35. The summed E-state index contributed by atoms with van der Waals surface area (Å²) in [4.78, 5) is 2.38. The molecule has 1 atom stereocenters. The Hall–Kier alpha value is -0.900. The second-order valence-corrected chi connectivity index (χ2v) is 5.86. The highest BCUT2D eigenvalue weighted by Gasteiger charge is 2.17. The monoisotopic (exact) mass is 260 g/mol. The molecule has 0 amide bonds. The smallest absolute Gasteiger partial charge is 0.0702 e. The van der Waals surface area contributed by atoms with E-state index in [4.69, 9.17) is 4.74 Å². The molecule has 1 aromatic carbocycles. The zero-order valence-corrected chi connectivity index (χ0v) is 11.8. The maximum Gasteiger partial charge on any atom is 0.0702 e. The molecule has 0 bridgehead atoms. The lowest BCUT2D eigenvalue weighted by atomic mass is 9.98. The number of hydrogen-bond donors (Lipinski definition) is 1. The molecule has 19 heavy (non-hydrogen) atoms. The van der Waals surface area contributed by atoms with Gasteiger partial charge in [0, 0.05) is 26.2 Å². The van der Waals surface area contributed by atoms with Crippen LogP contribution in [0.5, 0.6) is 0 Å². The van der Waals surface area contributed by atoms with Crippen molar-refractivity contribution in [3.63, 3.8) is 0 Å². The molecule has 1 aromatic rings. The van der Waals surface area contributed by atoms with Crippen molar-refractivity contribution in [1.82, 2.24) is 10.2 Å². The van der Waals surface area contributed by atoms with Gasteiger partial charge in [0.05, 0.1) is 6.10 Å². The highest BCUT2D eigenvalue weighted by Crippen LogP contribution is 2.18. The number of ether oxygens (including phenoxy) is 1. The Kier molecular flexibility index (Phi) is 4.16. The lowest BCUT2D eigenvalue weighted by molar-refractivity contribution is 0.0793. The maximum absolute atomic E-state index is 5.70. The van der Waals surface area contributed by atoms with Crippen LogP contribution in [0.3, 0.4) is 0 Å². The van der Waals surface area contributed by atoms with Gasteiger partial charge in [-0.25, -0.2) is 0 Å². The molecule has 3 nitrogen and oxygen atoms in total. The minimum absolute atomic E-state index is 0.448. The van der Waals surface area contributed by atoms with E-state index in [9.17, 15) is 0 Å². The molecule has 3 rings (SSSR count). The van der Waals surface area contributed by atoms with E-state index >= 15 is 0 Å². The molecule has 0 aliphatic carbocycles. The van der Waals surface area contributed by atoms with E-state index in [1.165, 1.54) is 36.0 Å². The molecule has 1 N–H and O–H groups in total. The lowest BCUT2D eigenvalue weighted by Gasteiger charge is -2.22. The predicted octanol–water partition coefficient (Wildman–Crippen LogP) is 1.94. The Bertz CT molecular complexity index is 427. The molecule has 1 fully saturated rings. The van der Waals surface area contributed by atoms with Gasteiger partial charge in [0.2, 0.25) is 0 Å². The fraction of sp³-hybridized carbons (Fsp3) is 0.625. The Morgan fingerprint density at radius 1 is 1.37 bits per heavy atom. The van der Waals surface area contributed by atoms with Crippen molar-refractivity contribution in [1.29, 1.82) is 0 Å². The number of nitrogens with zero attached hydrogens (tertiary/aromatic N) is 1. The number of benzene rings is 1. The summed E-state index contributed by atoms with van der Waals surface area (Å²) in [5.74, 6) is 0. The largest absolute Gasteiger partial charge is 0.377 e. The third-order valence-electron chi connectivity index (χ3n) is 4.15. The van der Waals surface area contributed by atoms with Crippen molar-refractivity contribution >= 4 is 0 Å². The molecule has 2 heterocycles. The van der Waals surface area contributed by atoms with Crippen LogP contribution in [0.4, 0.5) is 0 Å². The summed E-state index contributed by atoms with van der Waals surface area (Å²) in [7, 11) is 2.19. The molecule has 0 spiro atoms. The van der Waals surface area contributed by atoms with Crippen LogP contribution < -0.4 is 5.32 Å². The summed E-state index contributed by atoms with van der Waals surface area (Å²) in [6.07, 6.45) is 4.06. The molecule has 1 saturated heterocycles. The number of fused-ring (bicyclic) bond motifs is 1. The molecule has 2 aliphatic rings. The summed E-state index contributed by atoms with van der Waals surface area (Å²) in [6, 6.07) is 6.97. The SMILES string of the molecule is CN(Cc1ccc2c(c1)CNCC2)CC1CCCO1. The van der Waals surface area contributed by atoms with E-state index in [0.717, 1.165) is 32.8 Å². The quantitative estimate of drug-likeness (QED) is 0.895. The highest BCUT2D eigenvalue weighted by atomic mass is 16.5. The second kappa shape index (κ2) is 6.04. The van der Waals surface area contributed by atoms with Gasteiger partial charge in [-0.1, -0.05) is 18.2 Å². The van der Waals surface area contributed by atoms with Gasteiger partial charge in [0.1, 0.15) is 0 Å². The Labute approximate surface area is 115 Å². The predicted molar refractivity (Wildman–Crippen MR) is 77.2 cm³/mol. The van der Waals surface area contributed by atoms with Crippen LogP contribution in [0.15, 0.2) is 18.2 Å². The average Bonchev–Trinajstić information content (AvgIpc) is 2.91. The molecule has 104 valence electrons. The van der Waals surface area contributed by atoms with Crippen molar-refractivity contribution in [3.05, 3.63) is 34.9 Å². The van der Waals surface area contributed by atoms with E-state index in [2.05, 4.69) is 35.5 Å². The summed E-state index contributed by atoms with van der Waals surface area (Å²) in [5, 5.41) is 3.45. The van der Waals surface area contributed by atoms with Crippen molar-refractivity contribution in [2.45, 2.75) is 38.5 Å². The van der Waals surface area contributed by atoms with Gasteiger partial charge in [-0.05, 0) is 49.5 Å². The lowest BCUT2D eigenvalue weighted by Crippen LogP contribution is -2.28. The van der Waals surface area contributed by atoms with Gasteiger partial charge in [0.15, 0.2) is 0 Å². The summed E-state index contributed by atoms with van der Waals surface area (Å²) in [6.45, 7) is 5.16. The molecule has 2 aliphatic heterocycles. The van der Waals surface area contributed by atoms with Crippen molar-refractivity contribution < 1.29 is 4.74 Å². The van der Waals surface area contributed by atoms with Crippen molar-refractivity contribution in [3.8, 4) is 0 Å². The fourth-order valence-corrected chi connectivity index (χ4v) is 3.14. The van der Waals surface area contributed by atoms with Gasteiger partial charge < -0.3 is 10.1 Å². The number of hydrogen-bond acceptors (Lipinski definition) is 3. The van der Waals surface area contributed by atoms with Crippen LogP contribution in [0, 0.1) is 0 Å². The summed E-state index contributed by atoms with van der Waals surface area (Å²) in [5.41, 5.74) is 4.42. The third-order valence-corrected chi connectivity index (χ3v) is 4.15. The van der Waals surface area contributed by atoms with Crippen LogP contribution in [-0.2, 0) is 24.2 Å². The zero-order valence-electron chi connectivity index (χ0n) is 11.8. The number of nitrogens with one attached hydrogen (secondary N) is 1. The first kappa shape index (κ1) is 13.1.